The van der Waals surface area contributed by atoms with E-state index in [1.54, 1.807) is 7.05 Å². The lowest BCUT2D eigenvalue weighted by molar-refractivity contribution is 0.158. The molecule has 0 aliphatic heterocycles. The summed E-state index contributed by atoms with van der Waals surface area (Å²) in [5.41, 5.74) is -0.135. The predicted molar refractivity (Wildman–Crippen MR) is 71.6 cm³/mol. The highest BCUT2D eigenvalue weighted by atomic mass is 16.5. The van der Waals surface area contributed by atoms with Gasteiger partial charge in [-0.2, -0.15) is 4.98 Å². The molecular formula is C11H17N5O3. The van der Waals surface area contributed by atoms with Crippen LogP contribution in [-0.4, -0.2) is 38.9 Å². The second kappa shape index (κ2) is 5.27. The topological polar surface area (TPSA) is 93.9 Å². The van der Waals surface area contributed by atoms with E-state index in [4.69, 9.17) is 4.74 Å². The van der Waals surface area contributed by atoms with Gasteiger partial charge >= 0.3 is 5.69 Å². The van der Waals surface area contributed by atoms with Crippen LogP contribution in [0, 0.1) is 0 Å². The Morgan fingerprint density at radius 1 is 1.32 bits per heavy atom. The van der Waals surface area contributed by atoms with Crippen molar-refractivity contribution in [3.05, 3.63) is 20.8 Å². The van der Waals surface area contributed by atoms with Gasteiger partial charge in [-0.05, 0) is 6.92 Å². The molecule has 0 saturated carbocycles. The van der Waals surface area contributed by atoms with E-state index in [9.17, 15) is 9.59 Å². The quantitative estimate of drug-likeness (QED) is 0.706. The van der Waals surface area contributed by atoms with Crippen LogP contribution in [0.2, 0.25) is 0 Å². The number of nitrogens with one attached hydrogen (secondary N) is 2. The van der Waals surface area contributed by atoms with E-state index in [2.05, 4.69) is 15.3 Å². The van der Waals surface area contributed by atoms with Crippen LogP contribution in [0.3, 0.4) is 0 Å². The van der Waals surface area contributed by atoms with Crippen LogP contribution < -0.4 is 16.6 Å². The highest BCUT2D eigenvalue weighted by molar-refractivity contribution is 5.72. The second-order valence-electron chi connectivity index (χ2n) is 4.11. The van der Waals surface area contributed by atoms with Crippen molar-refractivity contribution in [1.82, 2.24) is 19.1 Å². The summed E-state index contributed by atoms with van der Waals surface area (Å²) in [5.74, 6) is 0.452. The Labute approximate surface area is 109 Å². The van der Waals surface area contributed by atoms with E-state index in [0.717, 1.165) is 4.57 Å². The third-order valence-electron chi connectivity index (χ3n) is 2.84. The van der Waals surface area contributed by atoms with Gasteiger partial charge < -0.3 is 15.0 Å². The molecule has 0 atom stereocenters. The van der Waals surface area contributed by atoms with Crippen molar-refractivity contribution in [2.75, 3.05) is 25.1 Å². The number of fused-ring (bicyclic) bond motifs is 1. The highest BCUT2D eigenvalue weighted by Gasteiger charge is 2.12. The first-order valence-corrected chi connectivity index (χ1v) is 6.03. The molecule has 0 aliphatic carbocycles. The third kappa shape index (κ3) is 2.39. The van der Waals surface area contributed by atoms with E-state index in [1.807, 2.05) is 6.92 Å². The molecule has 0 radical (unpaired) electrons. The van der Waals surface area contributed by atoms with Crippen LogP contribution >= 0.6 is 0 Å². The smallest absolute Gasteiger partial charge is 0.332 e. The van der Waals surface area contributed by atoms with Gasteiger partial charge in [-0.1, -0.05) is 0 Å². The minimum Gasteiger partial charge on any atom is -0.380 e. The average Bonchev–Trinajstić information content (AvgIpc) is 2.83. The molecule has 0 fully saturated rings. The van der Waals surface area contributed by atoms with Gasteiger partial charge in [-0.25, -0.2) is 4.79 Å². The summed E-state index contributed by atoms with van der Waals surface area (Å²) in [6.45, 7) is 3.68. The van der Waals surface area contributed by atoms with Gasteiger partial charge in [0.15, 0.2) is 11.2 Å². The standard InChI is InChI=1S/C11H17N5O3/c1-4-19-6-5-12-10-13-7-8(14-10)15(2)11(18)16(3)9(7)17/h4-6H2,1-3H3,(H2,12,13,14). The van der Waals surface area contributed by atoms with Crippen molar-refractivity contribution >= 4 is 17.1 Å². The molecular weight excluding hydrogens is 250 g/mol. The van der Waals surface area contributed by atoms with Gasteiger partial charge in [0.25, 0.3) is 5.56 Å². The van der Waals surface area contributed by atoms with Crippen LogP contribution in [0.4, 0.5) is 5.95 Å². The number of aromatic amines is 1. The van der Waals surface area contributed by atoms with E-state index in [1.165, 1.54) is 11.6 Å². The zero-order valence-electron chi connectivity index (χ0n) is 11.2. The number of hydrogen-bond donors (Lipinski definition) is 2. The normalized spacial score (nSPS) is 11.1. The monoisotopic (exact) mass is 267 g/mol. The second-order valence-corrected chi connectivity index (χ2v) is 4.11. The Bertz CT molecular complexity index is 697. The molecule has 8 nitrogen and oxygen atoms in total. The molecule has 0 aromatic carbocycles. The number of H-pyrrole nitrogens is 1. The van der Waals surface area contributed by atoms with Gasteiger partial charge in [0.2, 0.25) is 5.95 Å². The lowest BCUT2D eigenvalue weighted by atomic mass is 10.5. The molecule has 0 bridgehead atoms. The van der Waals surface area contributed by atoms with Crippen molar-refractivity contribution in [2.45, 2.75) is 6.92 Å². The molecule has 104 valence electrons. The van der Waals surface area contributed by atoms with Gasteiger partial charge in [-0.15, -0.1) is 0 Å². The van der Waals surface area contributed by atoms with Gasteiger partial charge in [0.1, 0.15) is 0 Å². The summed E-state index contributed by atoms with van der Waals surface area (Å²) in [6.07, 6.45) is 0. The Kier molecular flexibility index (Phi) is 3.70. The molecule has 2 rings (SSSR count). The van der Waals surface area contributed by atoms with Gasteiger partial charge in [-0.3, -0.25) is 13.9 Å². The summed E-state index contributed by atoms with van der Waals surface area (Å²) in [4.78, 5) is 30.7. The van der Waals surface area contributed by atoms with Crippen molar-refractivity contribution in [3.63, 3.8) is 0 Å². The predicted octanol–water partition coefficient (Wildman–Crippen LogP) is -0.591. The number of ether oxygens (including phenoxy) is 1. The van der Waals surface area contributed by atoms with Crippen molar-refractivity contribution in [3.8, 4) is 0 Å². The molecule has 0 aliphatic rings. The van der Waals surface area contributed by atoms with Gasteiger partial charge in [0, 0.05) is 27.2 Å². The maximum absolute atomic E-state index is 11.9. The summed E-state index contributed by atoms with van der Waals surface area (Å²) < 4.78 is 7.57. The summed E-state index contributed by atoms with van der Waals surface area (Å²) >= 11 is 0. The zero-order chi connectivity index (χ0) is 14.0. The lowest BCUT2D eigenvalue weighted by Crippen LogP contribution is -2.36. The lowest BCUT2D eigenvalue weighted by Gasteiger charge is -2.01. The van der Waals surface area contributed by atoms with Crippen LogP contribution in [0.1, 0.15) is 6.92 Å². The summed E-state index contributed by atoms with van der Waals surface area (Å²) in [6, 6.07) is 0. The van der Waals surface area contributed by atoms with E-state index in [-0.39, 0.29) is 5.56 Å². The van der Waals surface area contributed by atoms with Crippen molar-refractivity contribution < 1.29 is 4.74 Å². The minimum absolute atomic E-state index is 0.309. The van der Waals surface area contributed by atoms with Crippen LogP contribution in [0.5, 0.6) is 0 Å². The first-order chi connectivity index (χ1) is 9.06. The Morgan fingerprint density at radius 2 is 2.05 bits per heavy atom. The number of anilines is 1. The fraction of sp³-hybridized carbons (Fsp3) is 0.545. The van der Waals surface area contributed by atoms with E-state index >= 15 is 0 Å². The molecule has 0 saturated heterocycles. The number of hydrogen-bond acceptors (Lipinski definition) is 5. The van der Waals surface area contributed by atoms with E-state index < -0.39 is 5.69 Å². The molecule has 2 aromatic rings. The molecule has 0 spiro atoms. The number of aryl methyl sites for hydroxylation is 1. The minimum atomic E-state index is -0.398. The fourth-order valence-electron chi connectivity index (χ4n) is 1.80. The molecule has 0 amide bonds. The summed E-state index contributed by atoms with van der Waals surface area (Å²) in [5, 5.41) is 3.01. The molecule has 19 heavy (non-hydrogen) atoms. The van der Waals surface area contributed by atoms with Gasteiger partial charge in [0.05, 0.1) is 6.61 Å². The van der Waals surface area contributed by atoms with Crippen LogP contribution in [-0.2, 0) is 18.8 Å². The maximum Gasteiger partial charge on any atom is 0.332 e. The van der Waals surface area contributed by atoms with Crippen LogP contribution in [0.25, 0.3) is 11.2 Å². The average molecular weight is 267 g/mol. The molecule has 2 heterocycles. The first-order valence-electron chi connectivity index (χ1n) is 6.03. The maximum atomic E-state index is 11.9. The molecule has 2 N–H and O–H groups in total. The van der Waals surface area contributed by atoms with E-state index in [0.29, 0.717) is 36.9 Å². The Hall–Kier alpha value is -2.09. The van der Waals surface area contributed by atoms with Crippen molar-refractivity contribution in [2.24, 2.45) is 14.1 Å². The highest BCUT2D eigenvalue weighted by Crippen LogP contribution is 2.07. The largest absolute Gasteiger partial charge is 0.380 e. The summed E-state index contributed by atoms with van der Waals surface area (Å²) in [7, 11) is 3.02. The number of rotatable bonds is 5. The fourth-order valence-corrected chi connectivity index (χ4v) is 1.80. The van der Waals surface area contributed by atoms with Crippen molar-refractivity contribution in [1.29, 1.82) is 0 Å². The Morgan fingerprint density at radius 3 is 2.74 bits per heavy atom. The molecule has 2 aromatic heterocycles. The number of imidazole rings is 1. The SMILES string of the molecule is CCOCCNc1nc2c([nH]1)c(=O)n(C)c(=O)n2C. The molecule has 0 unspecified atom stereocenters. The first kappa shape index (κ1) is 13.3. The number of aromatic nitrogens is 4. The zero-order valence-corrected chi connectivity index (χ0v) is 11.2. The number of nitrogens with zero attached hydrogens (tertiary/aromatic N) is 3. The Balaban J connectivity index is 2.36. The third-order valence-corrected chi connectivity index (χ3v) is 2.84. The molecule has 8 heteroatoms. The van der Waals surface area contributed by atoms with Crippen LogP contribution in [0.15, 0.2) is 9.59 Å².